The number of hydrogen-bond acceptors (Lipinski definition) is 7. The Kier molecular flexibility index (Phi) is 4.40. The number of nitrogens with zero attached hydrogens (tertiary/aromatic N) is 4. The quantitative estimate of drug-likeness (QED) is 0.546. The Labute approximate surface area is 175 Å². The summed E-state index contributed by atoms with van der Waals surface area (Å²) in [6.45, 7) is 2.27. The zero-order valence-electron chi connectivity index (χ0n) is 16.1. The number of nitrogens with two attached hydrogens (primary N) is 1. The molecule has 5 rings (SSSR count). The van der Waals surface area contributed by atoms with Crippen molar-refractivity contribution in [3.05, 3.63) is 80.6 Å². The molecule has 8 heteroatoms. The lowest BCUT2D eigenvalue weighted by atomic mass is 10.1. The molecule has 0 bridgehead atoms. The van der Waals surface area contributed by atoms with Gasteiger partial charge in [0.25, 0.3) is 5.56 Å². The second kappa shape index (κ2) is 7.23. The minimum atomic E-state index is -0.396. The highest BCUT2D eigenvalue weighted by molar-refractivity contribution is 7.16. The van der Waals surface area contributed by atoms with Crippen molar-refractivity contribution in [1.29, 1.82) is 0 Å². The van der Waals surface area contributed by atoms with E-state index in [0.29, 0.717) is 15.5 Å². The van der Waals surface area contributed by atoms with Gasteiger partial charge in [-0.3, -0.25) is 9.79 Å². The highest BCUT2D eigenvalue weighted by atomic mass is 32.1. The summed E-state index contributed by atoms with van der Waals surface area (Å²) >= 11 is 1.28. The van der Waals surface area contributed by atoms with E-state index in [4.69, 9.17) is 10.5 Å². The largest absolute Gasteiger partial charge is 0.486 e. The second-order valence-corrected chi connectivity index (χ2v) is 7.93. The second-order valence-electron chi connectivity index (χ2n) is 6.89. The molecule has 0 radical (unpaired) electrons. The molecule has 0 unspecified atom stereocenters. The first-order valence-electron chi connectivity index (χ1n) is 9.31. The van der Waals surface area contributed by atoms with Crippen molar-refractivity contribution in [2.45, 2.75) is 13.5 Å². The minimum Gasteiger partial charge on any atom is -0.486 e. The third kappa shape index (κ3) is 3.27. The number of anilines is 1. The van der Waals surface area contributed by atoms with Gasteiger partial charge in [0.15, 0.2) is 5.01 Å². The van der Waals surface area contributed by atoms with Crippen LogP contribution >= 0.6 is 11.3 Å². The molecule has 0 amide bonds. The van der Waals surface area contributed by atoms with Gasteiger partial charge in [-0.1, -0.05) is 41.7 Å². The lowest BCUT2D eigenvalue weighted by molar-refractivity contribution is 0.304. The van der Waals surface area contributed by atoms with Crippen molar-refractivity contribution in [3.8, 4) is 5.75 Å². The lowest BCUT2D eigenvalue weighted by Crippen LogP contribution is -2.16. The summed E-state index contributed by atoms with van der Waals surface area (Å²) in [4.78, 5) is 21.6. The molecule has 1 aliphatic rings. The van der Waals surface area contributed by atoms with Crippen LogP contribution in [-0.4, -0.2) is 20.8 Å². The molecule has 1 aliphatic heterocycles. The number of nitrogen functional groups attached to an aromatic ring is 1. The Morgan fingerprint density at radius 3 is 2.93 bits per heavy atom. The Hall–Kier alpha value is -3.78. The molecule has 30 heavy (non-hydrogen) atoms. The third-order valence-corrected chi connectivity index (χ3v) is 5.62. The molecule has 7 nitrogen and oxygen atoms in total. The number of benzene rings is 2. The van der Waals surface area contributed by atoms with Gasteiger partial charge in [-0.05, 0) is 36.8 Å². The molecule has 0 aliphatic carbocycles. The molecule has 0 saturated carbocycles. The summed E-state index contributed by atoms with van der Waals surface area (Å²) in [7, 11) is 0. The van der Waals surface area contributed by atoms with Gasteiger partial charge in [-0.2, -0.15) is 14.6 Å². The monoisotopic (exact) mass is 415 g/mol. The van der Waals surface area contributed by atoms with Crippen LogP contribution in [0.3, 0.4) is 0 Å². The molecule has 0 saturated heterocycles. The first-order valence-corrected chi connectivity index (χ1v) is 10.1. The lowest BCUT2D eigenvalue weighted by Gasteiger charge is -2.04. The van der Waals surface area contributed by atoms with Crippen LogP contribution in [0.15, 0.2) is 58.3 Å². The number of para-hydroxylation sites is 1. The van der Waals surface area contributed by atoms with Crippen molar-refractivity contribution in [2.75, 3.05) is 5.73 Å². The Bertz CT molecular complexity index is 1400. The van der Waals surface area contributed by atoms with Crippen LogP contribution in [0.5, 0.6) is 5.75 Å². The van der Waals surface area contributed by atoms with Crippen LogP contribution in [0, 0.1) is 6.92 Å². The SMILES string of the molecule is Cc1cccc(OCc2nn3c(N)c(/C=C4\C=Nc5ccccc54)c(=O)nc3s2)c1. The van der Waals surface area contributed by atoms with Gasteiger partial charge in [0.1, 0.15) is 18.2 Å². The van der Waals surface area contributed by atoms with Crippen LogP contribution < -0.4 is 16.0 Å². The number of hydrogen-bond donors (Lipinski definition) is 1. The van der Waals surface area contributed by atoms with Crippen LogP contribution in [0.4, 0.5) is 11.5 Å². The van der Waals surface area contributed by atoms with Gasteiger partial charge in [0, 0.05) is 17.4 Å². The maximum Gasteiger partial charge on any atom is 0.283 e. The standard InChI is InChI=1S/C22H17N5O2S/c1-13-5-4-6-15(9-13)29-12-19-26-27-20(23)17(21(28)25-22(27)30-19)10-14-11-24-18-8-3-2-7-16(14)18/h2-11H,12,23H2,1H3/b14-10+. The topological polar surface area (TPSA) is 94.9 Å². The Morgan fingerprint density at radius 2 is 2.07 bits per heavy atom. The van der Waals surface area contributed by atoms with E-state index < -0.39 is 5.56 Å². The molecule has 2 N–H and O–H groups in total. The molecule has 2 aromatic heterocycles. The van der Waals surface area contributed by atoms with E-state index >= 15 is 0 Å². The average molecular weight is 415 g/mol. The Balaban J connectivity index is 1.49. The molecular formula is C22H17N5O2S. The zero-order valence-corrected chi connectivity index (χ0v) is 16.9. The summed E-state index contributed by atoms with van der Waals surface area (Å²) in [5.74, 6) is 1.00. The number of ether oxygens (including phenoxy) is 1. The molecule has 0 fully saturated rings. The van der Waals surface area contributed by atoms with Gasteiger partial charge in [0.2, 0.25) is 4.96 Å². The number of allylic oxidation sites excluding steroid dienone is 1. The summed E-state index contributed by atoms with van der Waals surface area (Å²) in [6.07, 6.45) is 3.44. The van der Waals surface area contributed by atoms with E-state index in [1.165, 1.54) is 15.9 Å². The molecule has 4 aromatic rings. The maximum absolute atomic E-state index is 12.6. The van der Waals surface area contributed by atoms with E-state index in [2.05, 4.69) is 15.1 Å². The fraction of sp³-hybridized carbons (Fsp3) is 0.0909. The summed E-state index contributed by atoms with van der Waals surface area (Å²) in [5, 5.41) is 5.17. The molecule has 148 valence electrons. The van der Waals surface area contributed by atoms with E-state index in [1.54, 1.807) is 12.3 Å². The first-order chi connectivity index (χ1) is 14.6. The van der Waals surface area contributed by atoms with Crippen LogP contribution in [0.1, 0.15) is 21.7 Å². The van der Waals surface area contributed by atoms with Gasteiger partial charge in [-0.15, -0.1) is 0 Å². The van der Waals surface area contributed by atoms with Crippen LogP contribution in [0.25, 0.3) is 16.6 Å². The van der Waals surface area contributed by atoms with Crippen molar-refractivity contribution >= 4 is 45.7 Å². The third-order valence-electron chi connectivity index (χ3n) is 4.74. The van der Waals surface area contributed by atoms with E-state index in [9.17, 15) is 4.79 Å². The van der Waals surface area contributed by atoms with Crippen molar-refractivity contribution in [1.82, 2.24) is 14.6 Å². The number of rotatable bonds is 4. The van der Waals surface area contributed by atoms with Crippen molar-refractivity contribution in [2.24, 2.45) is 4.99 Å². The molecule has 3 heterocycles. The molecule has 0 atom stereocenters. The number of aromatic nitrogens is 3. The fourth-order valence-electron chi connectivity index (χ4n) is 3.27. The predicted molar refractivity (Wildman–Crippen MR) is 120 cm³/mol. The minimum absolute atomic E-state index is 0.244. The van der Waals surface area contributed by atoms with E-state index in [1.807, 2.05) is 55.5 Å². The molecule has 2 aromatic carbocycles. The summed E-state index contributed by atoms with van der Waals surface area (Å²) < 4.78 is 7.30. The normalized spacial score (nSPS) is 13.8. The zero-order chi connectivity index (χ0) is 20.7. The predicted octanol–water partition coefficient (Wildman–Crippen LogP) is 3.88. The van der Waals surface area contributed by atoms with Gasteiger partial charge in [0.05, 0.1) is 11.3 Å². The fourth-order valence-corrected chi connectivity index (χ4v) is 4.08. The smallest absolute Gasteiger partial charge is 0.283 e. The van der Waals surface area contributed by atoms with Gasteiger partial charge in [-0.25, -0.2) is 0 Å². The van der Waals surface area contributed by atoms with E-state index in [0.717, 1.165) is 28.1 Å². The number of aryl methyl sites for hydroxylation is 1. The molecular weight excluding hydrogens is 398 g/mol. The van der Waals surface area contributed by atoms with Crippen molar-refractivity contribution in [3.63, 3.8) is 0 Å². The highest BCUT2D eigenvalue weighted by Crippen LogP contribution is 2.32. The van der Waals surface area contributed by atoms with Crippen LogP contribution in [0.2, 0.25) is 0 Å². The van der Waals surface area contributed by atoms with Crippen LogP contribution in [-0.2, 0) is 6.61 Å². The Morgan fingerprint density at radius 1 is 1.20 bits per heavy atom. The summed E-state index contributed by atoms with van der Waals surface area (Å²) in [6, 6.07) is 15.5. The first kappa shape index (κ1) is 18.3. The number of aliphatic imine (C=N–C) groups is 1. The maximum atomic E-state index is 12.6. The van der Waals surface area contributed by atoms with Gasteiger partial charge >= 0.3 is 0 Å². The molecule has 0 spiro atoms. The van der Waals surface area contributed by atoms with E-state index in [-0.39, 0.29) is 12.4 Å². The highest BCUT2D eigenvalue weighted by Gasteiger charge is 2.17. The number of fused-ring (bicyclic) bond motifs is 2. The average Bonchev–Trinajstić information content (AvgIpc) is 3.34. The van der Waals surface area contributed by atoms with Gasteiger partial charge < -0.3 is 10.5 Å². The van der Waals surface area contributed by atoms with Crippen molar-refractivity contribution < 1.29 is 4.74 Å². The summed E-state index contributed by atoms with van der Waals surface area (Å²) in [5.41, 5.74) is 9.93.